The summed E-state index contributed by atoms with van der Waals surface area (Å²) in [6, 6.07) is 8.00. The maximum absolute atomic E-state index is 12.2. The molecule has 3 rings (SSSR count). The number of imide groups is 1. The lowest BCUT2D eigenvalue weighted by Crippen LogP contribution is -2.32. The van der Waals surface area contributed by atoms with Crippen molar-refractivity contribution in [1.82, 2.24) is 10.2 Å². The highest BCUT2D eigenvalue weighted by atomic mass is 16.2. The van der Waals surface area contributed by atoms with Crippen molar-refractivity contribution in [2.75, 3.05) is 13.6 Å². The van der Waals surface area contributed by atoms with E-state index >= 15 is 0 Å². The zero-order chi connectivity index (χ0) is 12.9. The van der Waals surface area contributed by atoms with E-state index in [-0.39, 0.29) is 29.7 Å². The first-order valence-electron chi connectivity index (χ1n) is 6.21. The molecule has 0 spiro atoms. The predicted octanol–water partition coefficient (Wildman–Crippen LogP) is 0.870. The molecule has 18 heavy (non-hydrogen) atoms. The van der Waals surface area contributed by atoms with E-state index in [1.54, 1.807) is 7.05 Å². The van der Waals surface area contributed by atoms with Crippen LogP contribution in [-0.4, -0.2) is 30.3 Å². The Morgan fingerprint density at radius 2 is 1.94 bits per heavy atom. The number of nitrogens with one attached hydrogen (secondary N) is 1. The normalized spacial score (nSPS) is 31.0. The molecule has 1 aromatic carbocycles. The summed E-state index contributed by atoms with van der Waals surface area (Å²) in [5.41, 5.74) is 2.28. The standard InChI is InChI=1S/C14H16N2O2/c1-8-5-3-4-6-9(8)12-11-10(7-15-12)13(17)16(2)14(11)18/h3-6,10-12,15H,7H2,1-2H3/t10-,11-,12?/m0/s1. The lowest BCUT2D eigenvalue weighted by molar-refractivity contribution is -0.138. The minimum Gasteiger partial charge on any atom is -0.308 e. The average Bonchev–Trinajstić information content (AvgIpc) is 2.88. The van der Waals surface area contributed by atoms with Gasteiger partial charge in [0.25, 0.3) is 0 Å². The highest BCUT2D eigenvalue weighted by Gasteiger charge is 2.53. The van der Waals surface area contributed by atoms with Gasteiger partial charge in [-0.2, -0.15) is 0 Å². The molecule has 0 aromatic heterocycles. The molecule has 0 saturated carbocycles. The van der Waals surface area contributed by atoms with E-state index in [1.807, 2.05) is 31.2 Å². The highest BCUT2D eigenvalue weighted by Crippen LogP contribution is 2.40. The second kappa shape index (κ2) is 3.92. The summed E-state index contributed by atoms with van der Waals surface area (Å²) in [5.74, 6) is -0.521. The van der Waals surface area contributed by atoms with Gasteiger partial charge in [-0.1, -0.05) is 24.3 Å². The number of fused-ring (bicyclic) bond motifs is 1. The third kappa shape index (κ3) is 1.42. The van der Waals surface area contributed by atoms with Crippen molar-refractivity contribution in [2.24, 2.45) is 11.8 Å². The maximum Gasteiger partial charge on any atom is 0.234 e. The molecule has 2 fully saturated rings. The summed E-state index contributed by atoms with van der Waals surface area (Å²) in [4.78, 5) is 25.4. The van der Waals surface area contributed by atoms with Gasteiger partial charge in [-0.3, -0.25) is 14.5 Å². The molecule has 1 aromatic rings. The highest BCUT2D eigenvalue weighted by molar-refractivity contribution is 6.05. The van der Waals surface area contributed by atoms with Crippen molar-refractivity contribution in [3.8, 4) is 0 Å². The molecule has 1 unspecified atom stereocenters. The second-order valence-electron chi connectivity index (χ2n) is 5.11. The Balaban J connectivity index is 2.00. The average molecular weight is 244 g/mol. The van der Waals surface area contributed by atoms with Crippen LogP contribution in [0.2, 0.25) is 0 Å². The molecule has 2 saturated heterocycles. The molecule has 3 atom stereocenters. The largest absolute Gasteiger partial charge is 0.308 e. The Labute approximate surface area is 106 Å². The van der Waals surface area contributed by atoms with Crippen LogP contribution < -0.4 is 5.32 Å². The summed E-state index contributed by atoms with van der Waals surface area (Å²) < 4.78 is 0. The first kappa shape index (κ1) is 11.4. The fourth-order valence-corrected chi connectivity index (χ4v) is 3.12. The molecule has 0 radical (unpaired) electrons. The number of hydrogen-bond acceptors (Lipinski definition) is 3. The molecule has 1 N–H and O–H groups in total. The number of nitrogens with zero attached hydrogens (tertiary/aromatic N) is 1. The van der Waals surface area contributed by atoms with Crippen LogP contribution in [0, 0.1) is 18.8 Å². The summed E-state index contributed by atoms with van der Waals surface area (Å²) in [6.07, 6.45) is 0. The van der Waals surface area contributed by atoms with Crippen molar-refractivity contribution in [3.63, 3.8) is 0 Å². The minimum absolute atomic E-state index is 0.0300. The Morgan fingerprint density at radius 1 is 1.22 bits per heavy atom. The Morgan fingerprint density at radius 3 is 2.67 bits per heavy atom. The van der Waals surface area contributed by atoms with E-state index in [4.69, 9.17) is 0 Å². The van der Waals surface area contributed by atoms with Crippen molar-refractivity contribution < 1.29 is 9.59 Å². The first-order chi connectivity index (χ1) is 8.61. The second-order valence-corrected chi connectivity index (χ2v) is 5.11. The van der Waals surface area contributed by atoms with Crippen molar-refractivity contribution >= 4 is 11.8 Å². The maximum atomic E-state index is 12.2. The smallest absolute Gasteiger partial charge is 0.234 e. The zero-order valence-electron chi connectivity index (χ0n) is 10.5. The Hall–Kier alpha value is -1.68. The summed E-state index contributed by atoms with van der Waals surface area (Å²) in [6.45, 7) is 2.63. The Kier molecular flexibility index (Phi) is 2.48. The predicted molar refractivity (Wildman–Crippen MR) is 66.7 cm³/mol. The summed E-state index contributed by atoms with van der Waals surface area (Å²) in [7, 11) is 1.58. The number of rotatable bonds is 1. The van der Waals surface area contributed by atoms with Crippen molar-refractivity contribution in [1.29, 1.82) is 0 Å². The fourth-order valence-electron chi connectivity index (χ4n) is 3.12. The topological polar surface area (TPSA) is 49.4 Å². The van der Waals surface area contributed by atoms with Gasteiger partial charge in [0, 0.05) is 19.6 Å². The van der Waals surface area contributed by atoms with Crippen molar-refractivity contribution in [2.45, 2.75) is 13.0 Å². The lowest BCUT2D eigenvalue weighted by atomic mass is 9.87. The molecule has 4 nitrogen and oxygen atoms in total. The van der Waals surface area contributed by atoms with Gasteiger partial charge >= 0.3 is 0 Å². The van der Waals surface area contributed by atoms with E-state index in [0.29, 0.717) is 6.54 Å². The zero-order valence-corrected chi connectivity index (χ0v) is 10.5. The van der Waals surface area contributed by atoms with Crippen LogP contribution in [0.3, 0.4) is 0 Å². The number of aryl methyl sites for hydroxylation is 1. The van der Waals surface area contributed by atoms with Gasteiger partial charge in [-0.15, -0.1) is 0 Å². The molecule has 4 heteroatoms. The molecule has 94 valence electrons. The van der Waals surface area contributed by atoms with Gasteiger partial charge in [-0.25, -0.2) is 0 Å². The van der Waals surface area contributed by atoms with Crippen LogP contribution in [0.5, 0.6) is 0 Å². The summed E-state index contributed by atoms with van der Waals surface area (Å²) >= 11 is 0. The van der Waals surface area contributed by atoms with Crippen LogP contribution in [0.15, 0.2) is 24.3 Å². The van der Waals surface area contributed by atoms with Gasteiger partial charge in [0.1, 0.15) is 0 Å². The van der Waals surface area contributed by atoms with Crippen molar-refractivity contribution in [3.05, 3.63) is 35.4 Å². The van der Waals surface area contributed by atoms with E-state index in [1.165, 1.54) is 4.90 Å². The molecular weight excluding hydrogens is 228 g/mol. The number of carbonyl (C=O) groups is 2. The molecule has 0 aliphatic carbocycles. The molecule has 2 aliphatic rings. The van der Waals surface area contributed by atoms with E-state index in [2.05, 4.69) is 5.32 Å². The monoisotopic (exact) mass is 244 g/mol. The molecule has 0 bridgehead atoms. The number of carbonyl (C=O) groups excluding carboxylic acids is 2. The van der Waals surface area contributed by atoms with E-state index in [9.17, 15) is 9.59 Å². The minimum atomic E-state index is -0.233. The number of amides is 2. The van der Waals surface area contributed by atoms with E-state index in [0.717, 1.165) is 11.1 Å². The van der Waals surface area contributed by atoms with Crippen LogP contribution >= 0.6 is 0 Å². The van der Waals surface area contributed by atoms with Crippen LogP contribution in [-0.2, 0) is 9.59 Å². The van der Waals surface area contributed by atoms with E-state index < -0.39 is 0 Å². The lowest BCUT2D eigenvalue weighted by Gasteiger charge is -2.19. The molecule has 2 aliphatic heterocycles. The SMILES string of the molecule is Cc1ccccc1C1NC[C@@H]2C(=O)N(C)C(=O)[C@H]12. The van der Waals surface area contributed by atoms with Gasteiger partial charge in [0.2, 0.25) is 11.8 Å². The third-order valence-corrected chi connectivity index (χ3v) is 4.14. The fraction of sp³-hybridized carbons (Fsp3) is 0.429. The van der Waals surface area contributed by atoms with Gasteiger partial charge in [0.15, 0.2) is 0 Å². The third-order valence-electron chi connectivity index (χ3n) is 4.14. The number of likely N-dealkylation sites (tertiary alicyclic amines) is 1. The quantitative estimate of drug-likeness (QED) is 0.746. The molecule has 2 heterocycles. The van der Waals surface area contributed by atoms with Crippen LogP contribution in [0.4, 0.5) is 0 Å². The number of benzene rings is 1. The van der Waals surface area contributed by atoms with Gasteiger partial charge < -0.3 is 5.32 Å². The van der Waals surface area contributed by atoms with Crippen LogP contribution in [0.1, 0.15) is 17.2 Å². The Bertz CT molecular complexity index is 526. The first-order valence-corrected chi connectivity index (χ1v) is 6.21. The molecule has 2 amide bonds. The van der Waals surface area contributed by atoms with Gasteiger partial charge in [0.05, 0.1) is 11.8 Å². The summed E-state index contributed by atoms with van der Waals surface area (Å²) in [5, 5.41) is 3.33. The van der Waals surface area contributed by atoms with Gasteiger partial charge in [-0.05, 0) is 18.1 Å². The number of hydrogen-bond donors (Lipinski definition) is 1. The molecular formula is C14H16N2O2. The van der Waals surface area contributed by atoms with Crippen LogP contribution in [0.25, 0.3) is 0 Å².